The Balaban J connectivity index is 2.29. The van der Waals surface area contributed by atoms with E-state index in [1.165, 1.54) is 18.2 Å². The molecule has 1 heterocycles. The fourth-order valence-corrected chi connectivity index (χ4v) is 1.54. The number of carbonyl (C=O) groups excluding carboxylic acids is 1. The highest BCUT2D eigenvalue weighted by atomic mass is 19.4. The zero-order valence-electron chi connectivity index (χ0n) is 9.78. The lowest BCUT2D eigenvalue weighted by molar-refractivity contribution is -0.137. The maximum Gasteiger partial charge on any atom is 0.417 e. The van der Waals surface area contributed by atoms with E-state index in [0.717, 1.165) is 12.1 Å². The van der Waals surface area contributed by atoms with Gasteiger partial charge in [0.25, 0.3) is 5.91 Å². The average Bonchev–Trinajstić information content (AvgIpc) is 2.73. The second kappa shape index (κ2) is 4.75. The van der Waals surface area contributed by atoms with Gasteiger partial charge in [-0.25, -0.2) is 0 Å². The van der Waals surface area contributed by atoms with Crippen LogP contribution < -0.4 is 5.32 Å². The summed E-state index contributed by atoms with van der Waals surface area (Å²) in [5.41, 5.74) is -1.46. The number of benzene rings is 1. The van der Waals surface area contributed by atoms with Crippen LogP contribution in [0.25, 0.3) is 0 Å². The molecule has 4 nitrogen and oxygen atoms in total. The Morgan fingerprint density at radius 1 is 1.32 bits per heavy atom. The first-order valence-electron chi connectivity index (χ1n) is 5.29. The molecule has 0 aliphatic carbocycles. The van der Waals surface area contributed by atoms with Crippen molar-refractivity contribution in [2.45, 2.75) is 13.1 Å². The molecule has 100 valence electrons. The van der Waals surface area contributed by atoms with Crippen LogP contribution in [0.5, 0.6) is 0 Å². The molecule has 1 aromatic heterocycles. The maximum absolute atomic E-state index is 12.7. The Kier molecular flexibility index (Phi) is 3.28. The summed E-state index contributed by atoms with van der Waals surface area (Å²) in [6.07, 6.45) is -4.59. The third-order valence-electron chi connectivity index (χ3n) is 2.35. The first-order valence-corrected chi connectivity index (χ1v) is 5.29. The van der Waals surface area contributed by atoms with Crippen LogP contribution in [0.3, 0.4) is 0 Å². The summed E-state index contributed by atoms with van der Waals surface area (Å²) in [6.45, 7) is 1.60. The highest BCUT2D eigenvalue weighted by molar-refractivity contribution is 6.04. The van der Waals surface area contributed by atoms with Crippen molar-refractivity contribution in [3.05, 3.63) is 47.2 Å². The largest absolute Gasteiger partial charge is 0.417 e. The van der Waals surface area contributed by atoms with Crippen molar-refractivity contribution in [2.24, 2.45) is 0 Å². The van der Waals surface area contributed by atoms with E-state index in [9.17, 15) is 18.0 Å². The van der Waals surface area contributed by atoms with Crippen LogP contribution in [0.1, 0.15) is 21.7 Å². The predicted molar refractivity (Wildman–Crippen MR) is 60.6 cm³/mol. The van der Waals surface area contributed by atoms with E-state index < -0.39 is 23.2 Å². The van der Waals surface area contributed by atoms with Gasteiger partial charge < -0.3 is 9.84 Å². The summed E-state index contributed by atoms with van der Waals surface area (Å²) in [4.78, 5) is 11.8. The van der Waals surface area contributed by atoms with Crippen molar-refractivity contribution >= 4 is 11.7 Å². The van der Waals surface area contributed by atoms with Crippen LogP contribution in [0.15, 0.2) is 34.9 Å². The summed E-state index contributed by atoms with van der Waals surface area (Å²) in [5.74, 6) is -0.375. The molecule has 7 heteroatoms. The van der Waals surface area contributed by atoms with E-state index in [1.54, 1.807) is 6.92 Å². The molecule has 0 bridgehead atoms. The second-order valence-electron chi connectivity index (χ2n) is 3.82. The van der Waals surface area contributed by atoms with E-state index in [-0.39, 0.29) is 5.82 Å². The van der Waals surface area contributed by atoms with Gasteiger partial charge in [-0.1, -0.05) is 17.3 Å². The monoisotopic (exact) mass is 270 g/mol. The van der Waals surface area contributed by atoms with E-state index in [1.807, 2.05) is 0 Å². The molecule has 0 fully saturated rings. The number of hydrogen-bond donors (Lipinski definition) is 1. The first-order chi connectivity index (χ1) is 8.88. The Labute approximate surface area is 106 Å². The van der Waals surface area contributed by atoms with Gasteiger partial charge in [-0.05, 0) is 19.1 Å². The van der Waals surface area contributed by atoms with Crippen LogP contribution >= 0.6 is 0 Å². The topological polar surface area (TPSA) is 55.1 Å². The molecule has 0 aliphatic rings. The number of aryl methyl sites for hydroxylation is 1. The maximum atomic E-state index is 12.7. The Morgan fingerprint density at radius 2 is 2.00 bits per heavy atom. The minimum atomic E-state index is -4.59. The number of carbonyl (C=O) groups is 1. The summed E-state index contributed by atoms with van der Waals surface area (Å²) >= 11 is 0. The number of nitrogens with zero attached hydrogens (tertiary/aromatic N) is 1. The molecule has 0 atom stereocenters. The van der Waals surface area contributed by atoms with Gasteiger partial charge in [-0.2, -0.15) is 13.2 Å². The summed E-state index contributed by atoms with van der Waals surface area (Å²) < 4.78 is 42.9. The molecule has 1 amide bonds. The van der Waals surface area contributed by atoms with Crippen LogP contribution in [0, 0.1) is 6.92 Å². The lowest BCUT2D eigenvalue weighted by Crippen LogP contribution is -2.18. The van der Waals surface area contributed by atoms with Gasteiger partial charge in [0.2, 0.25) is 0 Å². The van der Waals surface area contributed by atoms with Crippen molar-refractivity contribution < 1.29 is 22.5 Å². The molecular weight excluding hydrogens is 261 g/mol. The highest BCUT2D eigenvalue weighted by Crippen LogP contribution is 2.32. The fourth-order valence-electron chi connectivity index (χ4n) is 1.54. The quantitative estimate of drug-likeness (QED) is 0.911. The van der Waals surface area contributed by atoms with Crippen molar-refractivity contribution in [3.63, 3.8) is 0 Å². The van der Waals surface area contributed by atoms with Gasteiger partial charge in [-0.3, -0.25) is 4.79 Å². The zero-order valence-corrected chi connectivity index (χ0v) is 9.78. The zero-order chi connectivity index (χ0) is 14.0. The first kappa shape index (κ1) is 13.1. The molecule has 0 spiro atoms. The van der Waals surface area contributed by atoms with Gasteiger partial charge in [0.05, 0.1) is 11.1 Å². The molecular formula is C12H9F3N2O2. The van der Waals surface area contributed by atoms with Gasteiger partial charge in [0.15, 0.2) is 5.82 Å². The molecule has 0 aliphatic heterocycles. The smallest absolute Gasteiger partial charge is 0.360 e. The van der Waals surface area contributed by atoms with Crippen molar-refractivity contribution in [1.82, 2.24) is 5.16 Å². The number of amides is 1. The van der Waals surface area contributed by atoms with Crippen LogP contribution in [0.2, 0.25) is 0 Å². The van der Waals surface area contributed by atoms with E-state index in [2.05, 4.69) is 10.5 Å². The van der Waals surface area contributed by atoms with Crippen LogP contribution in [-0.2, 0) is 6.18 Å². The van der Waals surface area contributed by atoms with Crippen molar-refractivity contribution in [2.75, 3.05) is 5.32 Å². The normalized spacial score (nSPS) is 11.4. The van der Waals surface area contributed by atoms with Crippen molar-refractivity contribution in [3.8, 4) is 0 Å². The van der Waals surface area contributed by atoms with Gasteiger partial charge in [0, 0.05) is 6.07 Å². The third kappa shape index (κ3) is 2.93. The molecule has 0 saturated carbocycles. The molecule has 0 unspecified atom stereocenters. The predicted octanol–water partition coefficient (Wildman–Crippen LogP) is 3.25. The minimum absolute atomic E-state index is 0.0690. The highest BCUT2D eigenvalue weighted by Gasteiger charge is 2.34. The molecule has 2 rings (SSSR count). The Bertz CT molecular complexity index is 605. The minimum Gasteiger partial charge on any atom is -0.360 e. The standard InChI is InChI=1S/C12H9F3N2O2/c1-7-6-10(17-19-7)16-11(18)8-4-2-3-5-9(8)12(13,14)15/h2-6H,1H3,(H,16,17,18). The second-order valence-corrected chi connectivity index (χ2v) is 3.82. The van der Waals surface area contributed by atoms with Crippen LogP contribution in [0.4, 0.5) is 19.0 Å². The lowest BCUT2D eigenvalue weighted by atomic mass is 10.1. The van der Waals surface area contributed by atoms with Gasteiger partial charge >= 0.3 is 6.18 Å². The van der Waals surface area contributed by atoms with E-state index in [0.29, 0.717) is 5.76 Å². The van der Waals surface area contributed by atoms with Crippen LogP contribution in [-0.4, -0.2) is 11.1 Å². The fraction of sp³-hybridized carbons (Fsp3) is 0.167. The number of hydrogen-bond acceptors (Lipinski definition) is 3. The number of anilines is 1. The molecule has 0 radical (unpaired) electrons. The average molecular weight is 270 g/mol. The van der Waals surface area contributed by atoms with E-state index in [4.69, 9.17) is 4.52 Å². The molecule has 1 aromatic carbocycles. The number of aromatic nitrogens is 1. The van der Waals surface area contributed by atoms with Gasteiger partial charge in [-0.15, -0.1) is 0 Å². The van der Waals surface area contributed by atoms with Crippen molar-refractivity contribution in [1.29, 1.82) is 0 Å². The summed E-state index contributed by atoms with van der Waals surface area (Å²) in [6, 6.07) is 5.94. The number of halogens is 3. The molecule has 0 saturated heterocycles. The molecule has 19 heavy (non-hydrogen) atoms. The van der Waals surface area contributed by atoms with Gasteiger partial charge in [0.1, 0.15) is 5.76 Å². The summed E-state index contributed by atoms with van der Waals surface area (Å²) in [5, 5.41) is 5.73. The molecule has 2 aromatic rings. The van der Waals surface area contributed by atoms with E-state index >= 15 is 0 Å². The molecule has 1 N–H and O–H groups in total. The number of alkyl halides is 3. The Morgan fingerprint density at radius 3 is 2.58 bits per heavy atom. The SMILES string of the molecule is Cc1cc(NC(=O)c2ccccc2C(F)(F)F)no1. The third-order valence-corrected chi connectivity index (χ3v) is 2.35. The lowest BCUT2D eigenvalue weighted by Gasteiger charge is -2.11. The Hall–Kier alpha value is -2.31. The number of rotatable bonds is 2. The summed E-state index contributed by atoms with van der Waals surface area (Å²) in [7, 11) is 0. The number of nitrogens with one attached hydrogen (secondary N) is 1.